The van der Waals surface area contributed by atoms with Crippen molar-refractivity contribution >= 4 is 38.9 Å². The van der Waals surface area contributed by atoms with Crippen LogP contribution >= 0.6 is 0 Å². The lowest BCUT2D eigenvalue weighted by molar-refractivity contribution is 0.477. The molecule has 10 rings (SSSR count). The van der Waals surface area contributed by atoms with E-state index in [9.17, 15) is 0 Å². The van der Waals surface area contributed by atoms with Gasteiger partial charge in [-0.3, -0.25) is 0 Å². The lowest BCUT2D eigenvalue weighted by Gasteiger charge is -2.32. The SMILES string of the molecule is Cc1ccc(-n2c3ccc(N4c5ccccc5Oc5ccccc54)cc3c3cc4c(cc32)-c2ccc(-c3ccc(C)cc3C)cc2C4(C)C)cc1. The number of hydrogen-bond acceptors (Lipinski definition) is 2. The molecular weight excluding hydrogens is 621 g/mol. The van der Waals surface area contributed by atoms with Gasteiger partial charge in [-0.15, -0.1) is 0 Å². The van der Waals surface area contributed by atoms with E-state index in [4.69, 9.17) is 4.74 Å². The number of aryl methyl sites for hydroxylation is 3. The minimum atomic E-state index is -0.161. The molecule has 1 aliphatic heterocycles. The predicted octanol–water partition coefficient (Wildman–Crippen LogP) is 13.3. The Labute approximate surface area is 299 Å². The molecule has 3 nitrogen and oxygen atoms in total. The Kier molecular flexibility index (Phi) is 6.27. The highest BCUT2D eigenvalue weighted by atomic mass is 16.5. The summed E-state index contributed by atoms with van der Waals surface area (Å²) in [5.41, 5.74) is 18.4. The molecule has 0 fully saturated rings. The fraction of sp³-hybridized carbons (Fsp3) is 0.125. The Balaban J connectivity index is 1.22. The van der Waals surface area contributed by atoms with Crippen molar-refractivity contribution in [3.8, 4) is 39.4 Å². The van der Waals surface area contributed by atoms with Crippen molar-refractivity contribution in [2.45, 2.75) is 40.0 Å². The standard InChI is InChI=1S/C48H38N2O/c1-29-14-18-33(19-15-29)49-42-23-20-34(50-43-10-6-8-12-46(43)51-47-13-9-7-11-44(47)50)26-38(42)39-27-41-37(28-45(39)49)36-22-17-32(25-40(36)48(41,4)5)35-21-16-30(2)24-31(35)3/h6-28H,1-5H3. The first-order chi connectivity index (χ1) is 24.8. The van der Waals surface area contributed by atoms with Gasteiger partial charge >= 0.3 is 0 Å². The van der Waals surface area contributed by atoms with E-state index in [1.165, 1.54) is 71.9 Å². The number of fused-ring (bicyclic) bond motifs is 8. The van der Waals surface area contributed by atoms with E-state index < -0.39 is 0 Å². The second kappa shape index (κ2) is 10.7. The molecule has 0 spiro atoms. The van der Waals surface area contributed by atoms with Crippen molar-refractivity contribution < 1.29 is 4.74 Å². The van der Waals surface area contributed by atoms with Crippen LogP contribution in [0.1, 0.15) is 41.7 Å². The summed E-state index contributed by atoms with van der Waals surface area (Å²) in [5.74, 6) is 1.71. The van der Waals surface area contributed by atoms with Crippen LogP contribution in [0.2, 0.25) is 0 Å². The predicted molar refractivity (Wildman–Crippen MR) is 213 cm³/mol. The normalized spacial score (nSPS) is 13.9. The van der Waals surface area contributed by atoms with Crippen LogP contribution < -0.4 is 9.64 Å². The first-order valence-electron chi connectivity index (χ1n) is 17.8. The Hall–Kier alpha value is -6.06. The highest BCUT2D eigenvalue weighted by Gasteiger charge is 2.37. The van der Waals surface area contributed by atoms with Crippen molar-refractivity contribution in [3.63, 3.8) is 0 Å². The third kappa shape index (κ3) is 4.37. The number of anilines is 3. The van der Waals surface area contributed by atoms with E-state index in [1.54, 1.807) is 0 Å². The minimum Gasteiger partial charge on any atom is -0.453 e. The zero-order valence-corrected chi connectivity index (χ0v) is 29.6. The van der Waals surface area contributed by atoms with Crippen LogP contribution in [0.4, 0.5) is 17.1 Å². The first-order valence-corrected chi connectivity index (χ1v) is 17.8. The van der Waals surface area contributed by atoms with Gasteiger partial charge in [-0.2, -0.15) is 0 Å². The molecule has 0 N–H and O–H groups in total. The highest BCUT2D eigenvalue weighted by Crippen LogP contribution is 2.54. The van der Waals surface area contributed by atoms with Crippen molar-refractivity contribution in [1.82, 2.24) is 4.57 Å². The molecule has 1 aromatic heterocycles. The third-order valence-electron chi connectivity index (χ3n) is 11.2. The van der Waals surface area contributed by atoms with Crippen LogP contribution in [0.25, 0.3) is 49.7 Å². The summed E-state index contributed by atoms with van der Waals surface area (Å²) < 4.78 is 8.81. The fourth-order valence-corrected chi connectivity index (χ4v) is 8.63. The van der Waals surface area contributed by atoms with Gasteiger partial charge in [0.05, 0.1) is 22.4 Å². The quantitative estimate of drug-likeness (QED) is 0.188. The third-order valence-corrected chi connectivity index (χ3v) is 11.2. The summed E-state index contributed by atoms with van der Waals surface area (Å²) in [6.07, 6.45) is 0. The molecule has 51 heavy (non-hydrogen) atoms. The Morgan fingerprint density at radius 2 is 1.12 bits per heavy atom. The van der Waals surface area contributed by atoms with Gasteiger partial charge in [0, 0.05) is 27.6 Å². The molecule has 246 valence electrons. The number of aromatic nitrogens is 1. The van der Waals surface area contributed by atoms with Gasteiger partial charge in [0.15, 0.2) is 11.5 Å². The lowest BCUT2D eigenvalue weighted by Crippen LogP contribution is -2.15. The maximum Gasteiger partial charge on any atom is 0.151 e. The van der Waals surface area contributed by atoms with Gasteiger partial charge in [0.1, 0.15) is 0 Å². The molecule has 1 aliphatic carbocycles. The Morgan fingerprint density at radius 1 is 0.490 bits per heavy atom. The van der Waals surface area contributed by atoms with Crippen LogP contribution in [0, 0.1) is 20.8 Å². The summed E-state index contributed by atoms with van der Waals surface area (Å²) in [7, 11) is 0. The molecule has 0 atom stereocenters. The van der Waals surface area contributed by atoms with Crippen LogP contribution in [-0.2, 0) is 5.41 Å². The topological polar surface area (TPSA) is 17.4 Å². The lowest BCUT2D eigenvalue weighted by atomic mass is 9.81. The van der Waals surface area contributed by atoms with Crippen molar-refractivity contribution in [1.29, 1.82) is 0 Å². The summed E-state index contributed by atoms with van der Waals surface area (Å²) in [6, 6.07) is 51.3. The molecule has 0 bridgehead atoms. The zero-order chi connectivity index (χ0) is 34.6. The molecule has 2 heterocycles. The number of benzene rings is 7. The van der Waals surface area contributed by atoms with Crippen molar-refractivity contribution in [3.05, 3.63) is 167 Å². The number of ether oxygens (including phenoxy) is 1. The molecule has 8 aromatic rings. The molecule has 0 radical (unpaired) electrons. The van der Waals surface area contributed by atoms with Crippen LogP contribution in [0.5, 0.6) is 11.5 Å². The number of nitrogens with zero attached hydrogens (tertiary/aromatic N) is 2. The summed E-state index contributed by atoms with van der Waals surface area (Å²) in [4.78, 5) is 2.34. The maximum atomic E-state index is 6.36. The van der Waals surface area contributed by atoms with Crippen LogP contribution in [0.15, 0.2) is 140 Å². The molecule has 0 saturated carbocycles. The van der Waals surface area contributed by atoms with Crippen molar-refractivity contribution in [2.24, 2.45) is 0 Å². The molecule has 0 unspecified atom stereocenters. The van der Waals surface area contributed by atoms with E-state index in [0.29, 0.717) is 0 Å². The van der Waals surface area contributed by atoms with Crippen LogP contribution in [-0.4, -0.2) is 4.57 Å². The zero-order valence-electron chi connectivity index (χ0n) is 29.6. The molecule has 3 heteroatoms. The average molecular weight is 659 g/mol. The monoisotopic (exact) mass is 658 g/mol. The Bertz CT molecular complexity index is 2680. The van der Waals surface area contributed by atoms with Gasteiger partial charge in [-0.1, -0.05) is 91.7 Å². The molecule has 0 amide bonds. The van der Waals surface area contributed by atoms with Gasteiger partial charge in [0.25, 0.3) is 0 Å². The number of rotatable bonds is 3. The molecule has 7 aromatic carbocycles. The second-order valence-electron chi connectivity index (χ2n) is 14.9. The van der Waals surface area contributed by atoms with E-state index >= 15 is 0 Å². The maximum absolute atomic E-state index is 6.36. The molecular formula is C48H38N2O. The fourth-order valence-electron chi connectivity index (χ4n) is 8.63. The van der Waals surface area contributed by atoms with Crippen molar-refractivity contribution in [2.75, 3.05) is 4.90 Å². The van der Waals surface area contributed by atoms with Gasteiger partial charge in [-0.05, 0) is 133 Å². The van der Waals surface area contributed by atoms with E-state index in [2.05, 4.69) is 171 Å². The average Bonchev–Trinajstić information content (AvgIpc) is 3.57. The molecule has 0 saturated heterocycles. The van der Waals surface area contributed by atoms with E-state index in [1.807, 2.05) is 12.1 Å². The van der Waals surface area contributed by atoms with E-state index in [-0.39, 0.29) is 5.41 Å². The van der Waals surface area contributed by atoms with Gasteiger partial charge in [0.2, 0.25) is 0 Å². The summed E-state index contributed by atoms with van der Waals surface area (Å²) >= 11 is 0. The van der Waals surface area contributed by atoms with Crippen LogP contribution in [0.3, 0.4) is 0 Å². The summed E-state index contributed by atoms with van der Waals surface area (Å²) in [5, 5.41) is 2.49. The van der Waals surface area contributed by atoms with Gasteiger partial charge < -0.3 is 14.2 Å². The number of para-hydroxylation sites is 4. The summed E-state index contributed by atoms with van der Waals surface area (Å²) in [6.45, 7) is 11.3. The van der Waals surface area contributed by atoms with E-state index in [0.717, 1.165) is 34.2 Å². The first kappa shape index (κ1) is 29.8. The highest BCUT2D eigenvalue weighted by molar-refractivity contribution is 6.13. The Morgan fingerprint density at radius 3 is 1.84 bits per heavy atom. The smallest absolute Gasteiger partial charge is 0.151 e. The number of hydrogen-bond donors (Lipinski definition) is 0. The van der Waals surface area contributed by atoms with Gasteiger partial charge in [-0.25, -0.2) is 0 Å². The molecule has 2 aliphatic rings. The second-order valence-corrected chi connectivity index (χ2v) is 14.9. The largest absolute Gasteiger partial charge is 0.453 e. The minimum absolute atomic E-state index is 0.161.